The first-order valence-electron chi connectivity index (χ1n) is 20.7. The number of amides is 2. The molecule has 2 amide bonds. The molecule has 2 saturated heterocycles. The van der Waals surface area contributed by atoms with Gasteiger partial charge in [0, 0.05) is 62.4 Å². The summed E-state index contributed by atoms with van der Waals surface area (Å²) >= 11 is 6.48. The SMILES string of the molecule is COCCN1CCC(CN(C)C(=O)[C@H]2/C(F)=C/C[C@H](C)[C@@H](C)S(=O)(=O)NC(=O)c3ccc4c(c3)N(C[C@@H]3CCCN32)C[C@@]2(CCCc3cc(Cl)ccc32)CO4)CC1. The summed E-state index contributed by atoms with van der Waals surface area (Å²) in [6.07, 6.45) is 7.68. The standard InChI is InChI=1S/C43H59ClFN5O6S/c1-29-9-13-37(45)40(42(52)47(3)25-31-15-19-48(20-16-31)21-22-55-4)50-18-6-8-35(50)26-49-27-43(17-5-7-32-23-34(44)11-12-36(32)43)28-56-39-14-10-33(24-38(39)49)41(51)46-57(53,54)30(29)2/h10-14,23-24,29-31,35,40H,5-9,15-22,25-28H2,1-4H3,(H,46,51)/b37-13-/t29-,30+,35-,40+,43-/m0/s1. The number of hydrogen-bond donors (Lipinski definition) is 1. The highest BCUT2D eigenvalue weighted by atomic mass is 35.5. The van der Waals surface area contributed by atoms with Crippen LogP contribution in [0.2, 0.25) is 5.02 Å². The average molecular weight is 828 g/mol. The Labute approximate surface area is 342 Å². The molecule has 5 aliphatic rings. The number of rotatable bonds is 6. The Hall–Kier alpha value is -3.23. The minimum Gasteiger partial charge on any atom is -0.490 e. The van der Waals surface area contributed by atoms with Crippen LogP contribution in [0.3, 0.4) is 0 Å². The maximum Gasteiger partial charge on any atom is 0.264 e. The van der Waals surface area contributed by atoms with E-state index >= 15 is 4.39 Å². The van der Waals surface area contributed by atoms with E-state index in [-0.39, 0.29) is 23.9 Å². The Morgan fingerprint density at radius 1 is 1.11 bits per heavy atom. The number of sulfonamides is 1. The molecule has 0 saturated carbocycles. The maximum atomic E-state index is 17.0. The summed E-state index contributed by atoms with van der Waals surface area (Å²) in [6, 6.07) is 9.83. The molecule has 14 heteroatoms. The van der Waals surface area contributed by atoms with Crippen molar-refractivity contribution in [3.05, 3.63) is 70.0 Å². The first-order valence-corrected chi connectivity index (χ1v) is 22.6. The summed E-state index contributed by atoms with van der Waals surface area (Å²) in [7, 11) is -0.641. The zero-order chi connectivity index (χ0) is 40.5. The number of halogens is 2. The third-order valence-electron chi connectivity index (χ3n) is 13.4. The highest BCUT2D eigenvalue weighted by molar-refractivity contribution is 7.90. The van der Waals surface area contributed by atoms with E-state index in [1.165, 1.54) is 24.1 Å². The number of allylic oxidation sites excluding steroid dienone is 1. The number of likely N-dealkylation sites (N-methyl/N-ethyl adjacent to an activating group) is 1. The van der Waals surface area contributed by atoms with Gasteiger partial charge in [0.15, 0.2) is 0 Å². The van der Waals surface area contributed by atoms with E-state index < -0.39 is 44.4 Å². The van der Waals surface area contributed by atoms with Crippen molar-refractivity contribution in [1.29, 1.82) is 0 Å². The predicted molar refractivity (Wildman–Crippen MR) is 221 cm³/mol. The molecular formula is C43H59ClFN5O6S. The maximum absolute atomic E-state index is 17.0. The van der Waals surface area contributed by atoms with Crippen molar-refractivity contribution in [2.24, 2.45) is 11.8 Å². The lowest BCUT2D eigenvalue weighted by molar-refractivity contribution is -0.136. The highest BCUT2D eigenvalue weighted by Crippen LogP contribution is 2.45. The molecule has 11 nitrogen and oxygen atoms in total. The van der Waals surface area contributed by atoms with Crippen molar-refractivity contribution in [3.8, 4) is 5.75 Å². The van der Waals surface area contributed by atoms with Crippen LogP contribution in [0, 0.1) is 11.8 Å². The molecule has 4 heterocycles. The molecular weight excluding hydrogens is 769 g/mol. The molecule has 4 aliphatic heterocycles. The monoisotopic (exact) mass is 827 g/mol. The zero-order valence-electron chi connectivity index (χ0n) is 33.9. The van der Waals surface area contributed by atoms with Crippen LogP contribution in [0.4, 0.5) is 10.1 Å². The second-order valence-corrected chi connectivity index (χ2v) is 19.7. The van der Waals surface area contributed by atoms with Crippen molar-refractivity contribution >= 4 is 39.1 Å². The smallest absolute Gasteiger partial charge is 0.264 e. The number of likely N-dealkylation sites (tertiary alicyclic amines) is 1. The highest BCUT2D eigenvalue weighted by Gasteiger charge is 2.45. The van der Waals surface area contributed by atoms with Gasteiger partial charge in [-0.15, -0.1) is 0 Å². The lowest BCUT2D eigenvalue weighted by Gasteiger charge is -2.42. The fraction of sp³-hybridized carbons (Fsp3) is 0.628. The number of anilines is 1. The minimum atomic E-state index is -4.14. The van der Waals surface area contributed by atoms with Gasteiger partial charge in [-0.2, -0.15) is 0 Å². The van der Waals surface area contributed by atoms with E-state index in [0.29, 0.717) is 61.8 Å². The molecule has 0 aromatic heterocycles. The number of carbonyl (C=O) groups is 2. The Balaban J connectivity index is 1.25. The van der Waals surface area contributed by atoms with E-state index in [4.69, 9.17) is 21.1 Å². The van der Waals surface area contributed by atoms with E-state index in [0.717, 1.165) is 64.6 Å². The van der Waals surface area contributed by atoms with Gasteiger partial charge in [0.25, 0.3) is 5.91 Å². The zero-order valence-corrected chi connectivity index (χ0v) is 35.4. The van der Waals surface area contributed by atoms with Crippen molar-refractivity contribution in [1.82, 2.24) is 19.4 Å². The molecule has 57 heavy (non-hydrogen) atoms. The fourth-order valence-electron chi connectivity index (χ4n) is 9.81. The van der Waals surface area contributed by atoms with Gasteiger partial charge in [0.1, 0.15) is 17.6 Å². The Morgan fingerprint density at radius 2 is 1.89 bits per heavy atom. The van der Waals surface area contributed by atoms with Gasteiger partial charge in [-0.25, -0.2) is 17.5 Å². The molecule has 0 radical (unpaired) electrons. The van der Waals surface area contributed by atoms with E-state index in [1.54, 1.807) is 44.2 Å². The second-order valence-electron chi connectivity index (χ2n) is 17.2. The number of hydrogen-bond acceptors (Lipinski definition) is 9. The topological polar surface area (TPSA) is 112 Å². The molecule has 0 unspecified atom stereocenters. The van der Waals surface area contributed by atoms with Crippen LogP contribution in [0.1, 0.15) is 80.3 Å². The van der Waals surface area contributed by atoms with Gasteiger partial charge in [-0.3, -0.25) is 14.5 Å². The number of ether oxygens (including phenoxy) is 2. The fourth-order valence-corrected chi connectivity index (χ4v) is 11.3. The largest absolute Gasteiger partial charge is 0.490 e. The first-order chi connectivity index (χ1) is 27.3. The van der Waals surface area contributed by atoms with Crippen molar-refractivity contribution < 1.29 is 31.9 Å². The third-order valence-corrected chi connectivity index (χ3v) is 15.6. The quantitative estimate of drug-likeness (QED) is 0.386. The molecule has 7 rings (SSSR count). The number of piperidine rings is 1. The Morgan fingerprint density at radius 3 is 2.67 bits per heavy atom. The van der Waals surface area contributed by atoms with Crippen LogP contribution in [0.5, 0.6) is 5.75 Å². The Bertz CT molecular complexity index is 1940. The van der Waals surface area contributed by atoms with Crippen LogP contribution >= 0.6 is 11.6 Å². The summed E-state index contributed by atoms with van der Waals surface area (Å²) < 4.78 is 58.4. The normalized spacial score (nSPS) is 29.7. The minimum absolute atomic E-state index is 0.0856. The number of nitrogens with one attached hydrogen (secondary N) is 1. The molecule has 2 fully saturated rings. The summed E-state index contributed by atoms with van der Waals surface area (Å²) in [5.74, 6) is -1.21. The lowest BCUT2D eigenvalue weighted by Crippen LogP contribution is -2.54. The van der Waals surface area contributed by atoms with Crippen LogP contribution in [0.15, 0.2) is 48.3 Å². The number of fused-ring (bicyclic) bond motifs is 4. The van der Waals surface area contributed by atoms with Gasteiger partial charge in [-0.1, -0.05) is 30.7 Å². The predicted octanol–water partition coefficient (Wildman–Crippen LogP) is 5.80. The van der Waals surface area contributed by atoms with Gasteiger partial charge < -0.3 is 24.2 Å². The second kappa shape index (κ2) is 17.6. The lowest BCUT2D eigenvalue weighted by atomic mass is 9.70. The number of methoxy groups -OCH3 is 1. The van der Waals surface area contributed by atoms with Crippen molar-refractivity contribution in [2.75, 3.05) is 78.1 Å². The number of benzene rings is 2. The van der Waals surface area contributed by atoms with E-state index in [9.17, 15) is 18.0 Å². The summed E-state index contributed by atoms with van der Waals surface area (Å²) in [5.41, 5.74) is 2.85. The van der Waals surface area contributed by atoms with E-state index in [1.807, 2.05) is 17.0 Å². The van der Waals surface area contributed by atoms with Crippen LogP contribution < -0.4 is 14.4 Å². The van der Waals surface area contributed by atoms with Gasteiger partial charge >= 0.3 is 0 Å². The van der Waals surface area contributed by atoms with Crippen LogP contribution in [0.25, 0.3) is 0 Å². The molecule has 1 spiro atoms. The summed E-state index contributed by atoms with van der Waals surface area (Å²) in [6.45, 7) is 9.19. The van der Waals surface area contributed by atoms with E-state index in [2.05, 4.69) is 20.6 Å². The molecule has 2 aromatic carbocycles. The third kappa shape index (κ3) is 9.02. The molecule has 1 aliphatic carbocycles. The average Bonchev–Trinajstić information content (AvgIpc) is 3.58. The molecule has 312 valence electrons. The molecule has 2 aromatic rings. The summed E-state index contributed by atoms with van der Waals surface area (Å²) in [4.78, 5) is 36.7. The molecule has 1 N–H and O–H groups in total. The Kier molecular flexibility index (Phi) is 12.9. The summed E-state index contributed by atoms with van der Waals surface area (Å²) in [5, 5.41) is -0.322. The van der Waals surface area contributed by atoms with Crippen LogP contribution in [-0.2, 0) is 31.4 Å². The van der Waals surface area contributed by atoms with Gasteiger partial charge in [0.05, 0.1) is 24.2 Å². The van der Waals surface area contributed by atoms with Crippen LogP contribution in [-0.4, -0.2) is 125 Å². The van der Waals surface area contributed by atoms with Gasteiger partial charge in [0.2, 0.25) is 15.9 Å². The van der Waals surface area contributed by atoms with Crippen molar-refractivity contribution in [3.63, 3.8) is 0 Å². The molecule has 2 bridgehead atoms. The number of nitrogens with zero attached hydrogens (tertiary/aromatic N) is 4. The van der Waals surface area contributed by atoms with Crippen molar-refractivity contribution in [2.45, 2.75) is 88.0 Å². The number of carbonyl (C=O) groups excluding carboxylic acids is 2. The molecule has 5 atom stereocenters. The first kappa shape index (κ1) is 41.9. The van der Waals surface area contributed by atoms with Gasteiger partial charge in [-0.05, 0) is 131 Å². The number of aryl methyl sites for hydroxylation is 1.